The summed E-state index contributed by atoms with van der Waals surface area (Å²) in [6.45, 7) is 2.50. The zero-order valence-corrected chi connectivity index (χ0v) is 15.2. The number of hydrogen-bond acceptors (Lipinski definition) is 4. The standard InChI is InChI=1S/C18H18Cl2N2O3/c1-2-25-18(24)12-3-5-15(6-4-12)22-17(23)7-8-21-16-10-13(19)9-14(20)11-16/h3-6,9-11,21H,2,7-8H2,1H3,(H,22,23). The van der Waals surface area contributed by atoms with E-state index in [0.29, 0.717) is 34.4 Å². The van der Waals surface area contributed by atoms with Gasteiger partial charge in [0.25, 0.3) is 0 Å². The minimum Gasteiger partial charge on any atom is -0.462 e. The van der Waals surface area contributed by atoms with E-state index >= 15 is 0 Å². The van der Waals surface area contributed by atoms with Crippen molar-refractivity contribution in [1.82, 2.24) is 0 Å². The molecule has 0 heterocycles. The minimum atomic E-state index is -0.384. The van der Waals surface area contributed by atoms with Gasteiger partial charge in [-0.25, -0.2) is 4.79 Å². The number of rotatable bonds is 7. The van der Waals surface area contributed by atoms with E-state index in [1.807, 2.05) is 0 Å². The lowest BCUT2D eigenvalue weighted by atomic mass is 10.2. The molecule has 7 heteroatoms. The first-order chi connectivity index (χ1) is 12.0. The van der Waals surface area contributed by atoms with E-state index < -0.39 is 0 Å². The summed E-state index contributed by atoms with van der Waals surface area (Å²) >= 11 is 11.8. The molecule has 0 atom stereocenters. The van der Waals surface area contributed by atoms with Crippen molar-refractivity contribution in [2.24, 2.45) is 0 Å². The van der Waals surface area contributed by atoms with E-state index in [0.717, 1.165) is 5.69 Å². The molecule has 2 aromatic rings. The summed E-state index contributed by atoms with van der Waals surface area (Å²) < 4.78 is 4.91. The van der Waals surface area contributed by atoms with Crippen molar-refractivity contribution in [3.05, 3.63) is 58.1 Å². The van der Waals surface area contributed by atoms with Gasteiger partial charge in [0.05, 0.1) is 12.2 Å². The predicted molar refractivity (Wildman–Crippen MR) is 101 cm³/mol. The molecular weight excluding hydrogens is 363 g/mol. The second kappa shape index (κ2) is 9.30. The van der Waals surface area contributed by atoms with Gasteiger partial charge >= 0.3 is 5.97 Å². The smallest absolute Gasteiger partial charge is 0.338 e. The van der Waals surface area contributed by atoms with Crippen molar-refractivity contribution in [1.29, 1.82) is 0 Å². The van der Waals surface area contributed by atoms with E-state index in [4.69, 9.17) is 27.9 Å². The number of nitrogens with one attached hydrogen (secondary N) is 2. The van der Waals surface area contributed by atoms with E-state index in [1.54, 1.807) is 49.4 Å². The molecule has 0 saturated heterocycles. The van der Waals surface area contributed by atoms with Gasteiger partial charge in [0.2, 0.25) is 5.91 Å². The molecule has 1 amide bonds. The molecule has 2 aromatic carbocycles. The van der Waals surface area contributed by atoms with Crippen LogP contribution in [0.3, 0.4) is 0 Å². The van der Waals surface area contributed by atoms with E-state index in [-0.39, 0.29) is 18.3 Å². The van der Waals surface area contributed by atoms with Crippen LogP contribution < -0.4 is 10.6 Å². The number of benzene rings is 2. The largest absolute Gasteiger partial charge is 0.462 e. The van der Waals surface area contributed by atoms with Gasteiger partial charge in [-0.3, -0.25) is 4.79 Å². The van der Waals surface area contributed by atoms with Gasteiger partial charge in [-0.15, -0.1) is 0 Å². The highest BCUT2D eigenvalue weighted by Gasteiger charge is 2.07. The lowest BCUT2D eigenvalue weighted by Gasteiger charge is -2.09. The molecule has 0 spiro atoms. The van der Waals surface area contributed by atoms with Crippen LogP contribution in [-0.4, -0.2) is 25.0 Å². The molecule has 0 unspecified atom stereocenters. The fourth-order valence-corrected chi connectivity index (χ4v) is 2.63. The average molecular weight is 381 g/mol. The number of amides is 1. The molecule has 0 aliphatic heterocycles. The van der Waals surface area contributed by atoms with Gasteiger partial charge in [0, 0.05) is 34.4 Å². The van der Waals surface area contributed by atoms with Crippen LogP contribution in [0, 0.1) is 0 Å². The number of ether oxygens (including phenoxy) is 1. The summed E-state index contributed by atoms with van der Waals surface area (Å²) in [6.07, 6.45) is 0.268. The Balaban J connectivity index is 1.81. The van der Waals surface area contributed by atoms with Crippen molar-refractivity contribution < 1.29 is 14.3 Å². The summed E-state index contributed by atoms with van der Waals surface area (Å²) in [7, 11) is 0. The summed E-state index contributed by atoms with van der Waals surface area (Å²) in [5.74, 6) is -0.533. The summed E-state index contributed by atoms with van der Waals surface area (Å²) in [5, 5.41) is 6.91. The average Bonchev–Trinajstić information content (AvgIpc) is 2.55. The number of carbonyl (C=O) groups is 2. The second-order valence-corrected chi connectivity index (χ2v) is 6.05. The van der Waals surface area contributed by atoms with Gasteiger partial charge in [-0.2, -0.15) is 0 Å². The maximum Gasteiger partial charge on any atom is 0.338 e. The van der Waals surface area contributed by atoms with E-state index in [9.17, 15) is 9.59 Å². The Bertz CT molecular complexity index is 728. The molecule has 25 heavy (non-hydrogen) atoms. The molecule has 2 rings (SSSR count). The molecule has 0 saturated carbocycles. The first-order valence-electron chi connectivity index (χ1n) is 7.75. The molecule has 0 aliphatic carbocycles. The molecule has 2 N–H and O–H groups in total. The fourth-order valence-electron chi connectivity index (χ4n) is 2.10. The lowest BCUT2D eigenvalue weighted by Crippen LogP contribution is -2.16. The number of esters is 1. The highest BCUT2D eigenvalue weighted by atomic mass is 35.5. The number of carbonyl (C=O) groups excluding carboxylic acids is 2. The van der Waals surface area contributed by atoms with Crippen LogP contribution in [0.1, 0.15) is 23.7 Å². The van der Waals surface area contributed by atoms with E-state index in [2.05, 4.69) is 10.6 Å². The SMILES string of the molecule is CCOC(=O)c1ccc(NC(=O)CCNc2cc(Cl)cc(Cl)c2)cc1. The highest BCUT2D eigenvalue weighted by Crippen LogP contribution is 2.22. The highest BCUT2D eigenvalue weighted by molar-refractivity contribution is 6.35. The van der Waals surface area contributed by atoms with Crippen LogP contribution in [0.5, 0.6) is 0 Å². The molecule has 0 aliphatic rings. The first-order valence-corrected chi connectivity index (χ1v) is 8.50. The van der Waals surface area contributed by atoms with Crippen LogP contribution in [-0.2, 0) is 9.53 Å². The van der Waals surface area contributed by atoms with Crippen molar-refractivity contribution in [3.8, 4) is 0 Å². The van der Waals surface area contributed by atoms with Gasteiger partial charge in [0.15, 0.2) is 0 Å². The van der Waals surface area contributed by atoms with Gasteiger partial charge in [0.1, 0.15) is 0 Å². The quantitative estimate of drug-likeness (QED) is 0.688. The van der Waals surface area contributed by atoms with Crippen LogP contribution >= 0.6 is 23.2 Å². The zero-order valence-electron chi connectivity index (χ0n) is 13.6. The minimum absolute atomic E-state index is 0.149. The Morgan fingerprint density at radius 2 is 1.64 bits per heavy atom. The normalized spacial score (nSPS) is 10.2. The Hall–Kier alpha value is -2.24. The Kier molecular flexibility index (Phi) is 7.10. The summed E-state index contributed by atoms with van der Waals surface area (Å²) in [5.41, 5.74) is 1.81. The molecule has 5 nitrogen and oxygen atoms in total. The Morgan fingerprint density at radius 3 is 2.24 bits per heavy atom. The van der Waals surface area contributed by atoms with Gasteiger partial charge in [-0.05, 0) is 49.4 Å². The maximum absolute atomic E-state index is 12.0. The monoisotopic (exact) mass is 380 g/mol. The number of anilines is 2. The van der Waals surface area contributed by atoms with Crippen LogP contribution in [0.15, 0.2) is 42.5 Å². The molecule has 132 valence electrons. The van der Waals surface area contributed by atoms with Crippen molar-refractivity contribution in [2.75, 3.05) is 23.8 Å². The lowest BCUT2D eigenvalue weighted by molar-refractivity contribution is -0.115. The fraction of sp³-hybridized carbons (Fsp3) is 0.222. The third-order valence-corrected chi connectivity index (χ3v) is 3.66. The Labute approximate surface area is 156 Å². The summed E-state index contributed by atoms with van der Waals surface area (Å²) in [4.78, 5) is 23.5. The van der Waals surface area contributed by atoms with Gasteiger partial charge < -0.3 is 15.4 Å². The molecular formula is C18H18Cl2N2O3. The zero-order chi connectivity index (χ0) is 18.2. The Morgan fingerprint density at radius 1 is 1.00 bits per heavy atom. The molecule has 0 fully saturated rings. The molecule has 0 aromatic heterocycles. The predicted octanol–water partition coefficient (Wildman–Crippen LogP) is 4.61. The van der Waals surface area contributed by atoms with Crippen LogP contribution in [0.25, 0.3) is 0 Å². The number of hydrogen-bond donors (Lipinski definition) is 2. The number of halogens is 2. The van der Waals surface area contributed by atoms with Crippen molar-refractivity contribution in [2.45, 2.75) is 13.3 Å². The van der Waals surface area contributed by atoms with Gasteiger partial charge in [-0.1, -0.05) is 23.2 Å². The molecule has 0 radical (unpaired) electrons. The van der Waals surface area contributed by atoms with E-state index in [1.165, 1.54) is 0 Å². The first kappa shape index (κ1) is 19.1. The third-order valence-electron chi connectivity index (χ3n) is 3.22. The maximum atomic E-state index is 12.0. The molecule has 0 bridgehead atoms. The van der Waals surface area contributed by atoms with Crippen molar-refractivity contribution >= 4 is 46.5 Å². The van der Waals surface area contributed by atoms with Crippen LogP contribution in [0.4, 0.5) is 11.4 Å². The third kappa shape index (κ3) is 6.29. The second-order valence-electron chi connectivity index (χ2n) is 5.18. The van der Waals surface area contributed by atoms with Crippen molar-refractivity contribution in [3.63, 3.8) is 0 Å². The summed E-state index contributed by atoms with van der Waals surface area (Å²) in [6, 6.07) is 11.7. The van der Waals surface area contributed by atoms with Crippen LogP contribution in [0.2, 0.25) is 10.0 Å². The topological polar surface area (TPSA) is 67.4 Å².